The minimum absolute atomic E-state index is 0.137. The Morgan fingerprint density at radius 2 is 2.12 bits per heavy atom. The molecule has 1 unspecified atom stereocenters. The smallest absolute Gasteiger partial charge is 0.0928 e. The molecule has 1 aromatic heterocycles. The van der Waals surface area contributed by atoms with E-state index in [4.69, 9.17) is 0 Å². The molecule has 0 fully saturated rings. The lowest BCUT2D eigenvalue weighted by Crippen LogP contribution is -2.11. The van der Waals surface area contributed by atoms with E-state index >= 15 is 0 Å². The van der Waals surface area contributed by atoms with Gasteiger partial charge in [-0.25, -0.2) is 4.98 Å². The second-order valence-corrected chi connectivity index (χ2v) is 6.27. The van der Waals surface area contributed by atoms with Gasteiger partial charge in [-0.15, -0.1) is 11.3 Å². The third kappa shape index (κ3) is 4.22. The molecule has 0 saturated heterocycles. The van der Waals surface area contributed by atoms with Crippen molar-refractivity contribution in [2.75, 3.05) is 0 Å². The summed E-state index contributed by atoms with van der Waals surface area (Å²) in [6, 6.07) is 0. The Morgan fingerprint density at radius 1 is 1.44 bits per heavy atom. The maximum Gasteiger partial charge on any atom is 0.0928 e. The van der Waals surface area contributed by atoms with Crippen molar-refractivity contribution < 1.29 is 5.11 Å². The second-order valence-electron chi connectivity index (χ2n) is 5.33. The highest BCUT2D eigenvalue weighted by atomic mass is 32.1. The van der Waals surface area contributed by atoms with Gasteiger partial charge in [0.25, 0.3) is 0 Å². The summed E-state index contributed by atoms with van der Waals surface area (Å²) in [5, 5.41) is 12.8. The average molecular weight is 241 g/mol. The van der Waals surface area contributed by atoms with E-state index in [9.17, 15) is 5.11 Å². The number of aryl methyl sites for hydroxylation is 1. The fourth-order valence-corrected chi connectivity index (χ4v) is 2.53. The van der Waals surface area contributed by atoms with Crippen molar-refractivity contribution in [2.24, 2.45) is 0 Å². The third-order valence-electron chi connectivity index (χ3n) is 2.72. The molecule has 1 aromatic rings. The van der Waals surface area contributed by atoms with Crippen LogP contribution in [0.15, 0.2) is 5.38 Å². The van der Waals surface area contributed by atoms with Crippen molar-refractivity contribution in [3.05, 3.63) is 16.1 Å². The monoisotopic (exact) mass is 241 g/mol. The zero-order chi connectivity index (χ0) is 12.2. The summed E-state index contributed by atoms with van der Waals surface area (Å²) in [6.07, 6.45) is 3.64. The predicted molar refractivity (Wildman–Crippen MR) is 70.0 cm³/mol. The van der Waals surface area contributed by atoms with Crippen LogP contribution in [0.4, 0.5) is 0 Å². The lowest BCUT2D eigenvalue weighted by molar-refractivity contribution is 0.157. The molecule has 16 heavy (non-hydrogen) atoms. The first-order valence-corrected chi connectivity index (χ1v) is 6.94. The van der Waals surface area contributed by atoms with Crippen LogP contribution < -0.4 is 0 Å². The number of hydrogen-bond acceptors (Lipinski definition) is 3. The van der Waals surface area contributed by atoms with Crippen LogP contribution >= 0.6 is 11.3 Å². The van der Waals surface area contributed by atoms with Gasteiger partial charge in [-0.05, 0) is 25.7 Å². The van der Waals surface area contributed by atoms with Crippen LogP contribution in [0.5, 0.6) is 0 Å². The molecule has 1 N–H and O–H groups in total. The molecule has 0 amide bonds. The molecular weight excluding hydrogens is 218 g/mol. The van der Waals surface area contributed by atoms with E-state index in [1.807, 2.05) is 6.92 Å². The summed E-state index contributed by atoms with van der Waals surface area (Å²) in [5.74, 6) is 0. The average Bonchev–Trinajstić information content (AvgIpc) is 2.65. The van der Waals surface area contributed by atoms with Gasteiger partial charge in [-0.3, -0.25) is 0 Å². The van der Waals surface area contributed by atoms with Gasteiger partial charge in [0.15, 0.2) is 0 Å². The Bertz CT molecular complexity index is 314. The number of hydrogen-bond donors (Lipinski definition) is 1. The number of rotatable bonds is 5. The first-order chi connectivity index (χ1) is 7.43. The predicted octanol–water partition coefficient (Wildman–Crippen LogP) is 3.53. The van der Waals surface area contributed by atoms with E-state index in [-0.39, 0.29) is 11.5 Å². The molecule has 3 heteroatoms. The summed E-state index contributed by atoms with van der Waals surface area (Å²) in [4.78, 5) is 4.64. The van der Waals surface area contributed by atoms with Crippen LogP contribution in [-0.4, -0.2) is 16.2 Å². The number of aliphatic hydroxyl groups excluding tert-OH is 1. The van der Waals surface area contributed by atoms with Gasteiger partial charge in [0.05, 0.1) is 16.8 Å². The molecule has 92 valence electrons. The van der Waals surface area contributed by atoms with Crippen molar-refractivity contribution in [1.82, 2.24) is 4.98 Å². The number of aliphatic hydroxyl groups is 1. The highest BCUT2D eigenvalue weighted by Crippen LogP contribution is 2.24. The molecule has 0 aromatic carbocycles. The van der Waals surface area contributed by atoms with Crippen LogP contribution in [0.2, 0.25) is 0 Å². The summed E-state index contributed by atoms with van der Waals surface area (Å²) >= 11 is 1.74. The van der Waals surface area contributed by atoms with Crippen LogP contribution in [-0.2, 0) is 11.8 Å². The molecule has 0 radical (unpaired) electrons. The van der Waals surface area contributed by atoms with E-state index in [0.29, 0.717) is 0 Å². The van der Waals surface area contributed by atoms with Crippen LogP contribution in [0.3, 0.4) is 0 Å². The fraction of sp³-hybridized carbons (Fsp3) is 0.769. The minimum Gasteiger partial charge on any atom is -0.393 e. The Kier molecular flexibility index (Phi) is 4.93. The van der Waals surface area contributed by atoms with E-state index < -0.39 is 0 Å². The van der Waals surface area contributed by atoms with Gasteiger partial charge in [-0.1, -0.05) is 27.7 Å². The quantitative estimate of drug-likeness (QED) is 0.855. The van der Waals surface area contributed by atoms with Gasteiger partial charge in [0.2, 0.25) is 0 Å². The van der Waals surface area contributed by atoms with Crippen molar-refractivity contribution in [3.63, 3.8) is 0 Å². The summed E-state index contributed by atoms with van der Waals surface area (Å²) in [7, 11) is 0. The van der Waals surface area contributed by atoms with Gasteiger partial charge >= 0.3 is 0 Å². The van der Waals surface area contributed by atoms with E-state index in [1.165, 1.54) is 10.7 Å². The van der Waals surface area contributed by atoms with Gasteiger partial charge in [-0.2, -0.15) is 0 Å². The molecule has 0 spiro atoms. The number of aromatic nitrogens is 1. The molecule has 0 aliphatic carbocycles. The summed E-state index contributed by atoms with van der Waals surface area (Å²) in [5.41, 5.74) is 1.33. The number of nitrogens with zero attached hydrogens (tertiary/aromatic N) is 1. The maximum absolute atomic E-state index is 9.45. The molecule has 1 rings (SSSR count). The van der Waals surface area contributed by atoms with E-state index in [1.54, 1.807) is 11.3 Å². The van der Waals surface area contributed by atoms with Crippen LogP contribution in [0.1, 0.15) is 57.7 Å². The molecule has 1 atom stereocenters. The minimum atomic E-state index is -0.137. The molecule has 0 aliphatic heterocycles. The van der Waals surface area contributed by atoms with Gasteiger partial charge < -0.3 is 5.11 Å². The van der Waals surface area contributed by atoms with E-state index in [2.05, 4.69) is 31.1 Å². The second kappa shape index (κ2) is 5.78. The molecular formula is C13H23NOS. The highest BCUT2D eigenvalue weighted by molar-refractivity contribution is 7.09. The Balaban J connectivity index is 2.41. The summed E-state index contributed by atoms with van der Waals surface area (Å²) < 4.78 is 0. The number of thiazole rings is 1. The SMILES string of the molecule is CCC(O)CCCc1nc(C(C)(C)C)cs1. The van der Waals surface area contributed by atoms with Crippen molar-refractivity contribution in [2.45, 2.75) is 64.9 Å². The first-order valence-electron chi connectivity index (χ1n) is 6.06. The Labute approximate surface area is 103 Å². The van der Waals surface area contributed by atoms with Gasteiger partial charge in [0, 0.05) is 10.8 Å². The maximum atomic E-state index is 9.45. The molecule has 0 aliphatic rings. The fourth-order valence-electron chi connectivity index (χ4n) is 1.46. The molecule has 1 heterocycles. The molecule has 0 bridgehead atoms. The largest absolute Gasteiger partial charge is 0.393 e. The van der Waals surface area contributed by atoms with Crippen molar-refractivity contribution in [1.29, 1.82) is 0 Å². The molecule has 0 saturated carbocycles. The highest BCUT2D eigenvalue weighted by Gasteiger charge is 2.17. The lowest BCUT2D eigenvalue weighted by atomic mass is 9.93. The van der Waals surface area contributed by atoms with Gasteiger partial charge in [0.1, 0.15) is 0 Å². The Hall–Kier alpha value is -0.410. The molecule has 2 nitrogen and oxygen atoms in total. The Morgan fingerprint density at radius 3 is 2.62 bits per heavy atom. The standard InChI is InChI=1S/C13H23NOS/c1-5-10(15)7-6-8-12-14-11(9-16-12)13(2,3)4/h9-10,15H,5-8H2,1-4H3. The van der Waals surface area contributed by atoms with E-state index in [0.717, 1.165) is 25.7 Å². The zero-order valence-electron chi connectivity index (χ0n) is 10.8. The topological polar surface area (TPSA) is 33.1 Å². The normalized spacial score (nSPS) is 14.1. The first kappa shape index (κ1) is 13.7. The summed E-state index contributed by atoms with van der Waals surface area (Å²) in [6.45, 7) is 8.58. The van der Waals surface area contributed by atoms with Crippen LogP contribution in [0.25, 0.3) is 0 Å². The van der Waals surface area contributed by atoms with Crippen molar-refractivity contribution >= 4 is 11.3 Å². The lowest BCUT2D eigenvalue weighted by Gasteiger charge is -2.14. The zero-order valence-corrected chi connectivity index (χ0v) is 11.6. The third-order valence-corrected chi connectivity index (χ3v) is 3.63. The van der Waals surface area contributed by atoms with Crippen LogP contribution in [0, 0.1) is 0 Å². The van der Waals surface area contributed by atoms with Crippen molar-refractivity contribution in [3.8, 4) is 0 Å².